The molecule has 0 heterocycles. The van der Waals surface area contributed by atoms with Gasteiger partial charge in [-0.05, 0) is 0 Å². The predicted molar refractivity (Wildman–Crippen MR) is 35.8 cm³/mol. The molecule has 0 unspecified atom stereocenters. The first kappa shape index (κ1) is 12.9. The second-order valence-corrected chi connectivity index (χ2v) is 8.40. The van der Waals surface area contributed by atoms with Crippen molar-refractivity contribution in [2.75, 3.05) is 13.2 Å². The van der Waals surface area contributed by atoms with Crippen LogP contribution in [0.5, 0.6) is 0 Å². The Kier molecular flexibility index (Phi) is 5.36. The number of hydrogen-bond acceptors (Lipinski definition) is 3. The summed E-state index contributed by atoms with van der Waals surface area (Å²) >= 11 is -0.769. The molecule has 0 aromatic heterocycles. The van der Waals surface area contributed by atoms with Gasteiger partial charge >= 0.3 is 86.0 Å². The SMILES string of the molecule is CCOP(=O)(OCC)[C](F)(F)[Cd]. The summed E-state index contributed by atoms with van der Waals surface area (Å²) in [6, 6.07) is 0. The summed E-state index contributed by atoms with van der Waals surface area (Å²) in [7, 11) is -4.16. The average molecular weight is 300 g/mol. The molecule has 0 atom stereocenters. The molecule has 0 aliphatic carbocycles. The van der Waals surface area contributed by atoms with Crippen molar-refractivity contribution in [3.8, 4) is 0 Å². The molecule has 0 spiro atoms. The number of rotatable bonds is 5. The van der Waals surface area contributed by atoms with Crippen molar-refractivity contribution in [3.05, 3.63) is 0 Å². The Hall–Kier alpha value is 0.932. The van der Waals surface area contributed by atoms with E-state index in [4.69, 9.17) is 0 Å². The minimum atomic E-state index is -4.16. The molecule has 12 heavy (non-hydrogen) atoms. The van der Waals surface area contributed by atoms with E-state index >= 15 is 0 Å². The van der Waals surface area contributed by atoms with E-state index in [1.54, 1.807) is 0 Å². The van der Waals surface area contributed by atoms with Gasteiger partial charge in [0.05, 0.1) is 0 Å². The molecule has 0 radical (unpaired) electrons. The van der Waals surface area contributed by atoms with Crippen LogP contribution >= 0.6 is 7.60 Å². The summed E-state index contributed by atoms with van der Waals surface area (Å²) in [6.45, 7) is 2.95. The molecule has 0 fully saturated rings. The van der Waals surface area contributed by atoms with Gasteiger partial charge in [0.15, 0.2) is 0 Å². The normalized spacial score (nSPS) is 13.5. The summed E-state index contributed by atoms with van der Waals surface area (Å²) < 4.78 is 42.4. The minimum absolute atomic E-state index is 0.0277. The van der Waals surface area contributed by atoms with Gasteiger partial charge in [0, 0.05) is 0 Å². The van der Waals surface area contributed by atoms with Crippen molar-refractivity contribution in [2.24, 2.45) is 0 Å². The molecule has 0 N–H and O–H groups in total. The molecule has 0 aromatic carbocycles. The van der Waals surface area contributed by atoms with Gasteiger partial charge in [-0.3, -0.25) is 0 Å². The third-order valence-corrected chi connectivity index (χ3v) is 6.31. The van der Waals surface area contributed by atoms with E-state index in [1.165, 1.54) is 13.8 Å². The molecule has 0 aliphatic rings. The van der Waals surface area contributed by atoms with Crippen molar-refractivity contribution < 1.29 is 48.2 Å². The average Bonchev–Trinajstić information content (AvgIpc) is 1.86. The molecular weight excluding hydrogens is 289 g/mol. The quantitative estimate of drug-likeness (QED) is 0.577. The fourth-order valence-corrected chi connectivity index (χ4v) is 3.26. The third kappa shape index (κ3) is 3.35. The summed E-state index contributed by atoms with van der Waals surface area (Å²) in [5.74, 6) is 0. The Morgan fingerprint density at radius 1 is 1.33 bits per heavy atom. The van der Waals surface area contributed by atoms with Crippen molar-refractivity contribution in [3.63, 3.8) is 0 Å². The van der Waals surface area contributed by atoms with Crippen molar-refractivity contribution >= 4 is 7.60 Å². The molecule has 69 valence electrons. The summed E-state index contributed by atoms with van der Waals surface area (Å²) in [5, 5.41) is 0. The maximum absolute atomic E-state index is 12.7. The topological polar surface area (TPSA) is 35.5 Å². The van der Waals surface area contributed by atoms with Crippen LogP contribution in [-0.4, -0.2) is 16.4 Å². The van der Waals surface area contributed by atoms with Crippen molar-refractivity contribution in [1.29, 1.82) is 0 Å². The fourth-order valence-electron chi connectivity index (χ4n) is 0.566. The first-order valence-corrected chi connectivity index (χ1v) is 7.06. The second-order valence-electron chi connectivity index (χ2n) is 2.00. The summed E-state index contributed by atoms with van der Waals surface area (Å²) in [5.41, 5.74) is 0. The van der Waals surface area contributed by atoms with Crippen LogP contribution in [0.15, 0.2) is 0 Å². The predicted octanol–water partition coefficient (Wildman–Crippen LogP) is 2.35. The number of alkyl halides is 2. The molecular formula is C5H10CdF2O3P. The van der Waals surface area contributed by atoms with Gasteiger partial charge in [-0.15, -0.1) is 0 Å². The zero-order valence-corrected chi connectivity index (χ0v) is 12.0. The Morgan fingerprint density at radius 3 is 1.83 bits per heavy atom. The van der Waals surface area contributed by atoms with Gasteiger partial charge in [-0.25, -0.2) is 0 Å². The number of halogens is 2. The zero-order chi connectivity index (χ0) is 9.83. The van der Waals surface area contributed by atoms with Gasteiger partial charge in [0.25, 0.3) is 0 Å². The second kappa shape index (κ2) is 4.97. The van der Waals surface area contributed by atoms with Crippen molar-refractivity contribution in [1.82, 2.24) is 0 Å². The van der Waals surface area contributed by atoms with Crippen LogP contribution in [0.4, 0.5) is 8.78 Å². The van der Waals surface area contributed by atoms with Gasteiger partial charge in [0.1, 0.15) is 0 Å². The van der Waals surface area contributed by atoms with E-state index in [2.05, 4.69) is 9.05 Å². The molecule has 3 nitrogen and oxygen atoms in total. The number of hydrogen-bond donors (Lipinski definition) is 0. The maximum atomic E-state index is 12.7. The third-order valence-electron chi connectivity index (χ3n) is 0.999. The zero-order valence-electron chi connectivity index (χ0n) is 7.05. The van der Waals surface area contributed by atoms with Crippen LogP contribution < -0.4 is 0 Å². The Labute approximate surface area is 86.0 Å². The molecule has 0 saturated heterocycles. The van der Waals surface area contributed by atoms with Crippen LogP contribution in [0.1, 0.15) is 13.8 Å². The Bertz CT molecular complexity index is 172. The van der Waals surface area contributed by atoms with Crippen molar-refractivity contribution in [2.45, 2.75) is 17.1 Å². The van der Waals surface area contributed by atoms with E-state index in [-0.39, 0.29) is 13.2 Å². The Balaban J connectivity index is 4.51. The molecule has 7 heteroatoms. The molecule has 0 bridgehead atoms. The first-order valence-electron chi connectivity index (χ1n) is 3.49. The van der Waals surface area contributed by atoms with E-state index in [0.717, 1.165) is 0 Å². The molecule has 0 saturated carbocycles. The van der Waals surface area contributed by atoms with Crippen LogP contribution in [0, 0.1) is 0 Å². The van der Waals surface area contributed by atoms with E-state index < -0.39 is 36.6 Å². The molecule has 0 rings (SSSR count). The standard InChI is InChI=1S/C5H10F2O3P.Cd/c1-3-9-11(8,5(6)7)10-4-2;/h3-4H2,1-2H3;. The Morgan fingerprint density at radius 2 is 1.67 bits per heavy atom. The summed E-state index contributed by atoms with van der Waals surface area (Å²) in [6.07, 6.45) is 0. The van der Waals surface area contributed by atoms with Gasteiger partial charge in [-0.1, -0.05) is 0 Å². The van der Waals surface area contributed by atoms with Crippen LogP contribution in [0.25, 0.3) is 0 Å². The summed E-state index contributed by atoms with van der Waals surface area (Å²) in [4.78, 5) is 0. The van der Waals surface area contributed by atoms with Gasteiger partial charge in [0.2, 0.25) is 0 Å². The monoisotopic (exact) mass is 301 g/mol. The van der Waals surface area contributed by atoms with Crippen LogP contribution in [0.2, 0.25) is 0 Å². The van der Waals surface area contributed by atoms with Crippen LogP contribution in [0.3, 0.4) is 0 Å². The van der Waals surface area contributed by atoms with Gasteiger partial charge < -0.3 is 0 Å². The van der Waals surface area contributed by atoms with E-state index in [9.17, 15) is 13.3 Å². The fraction of sp³-hybridized carbons (Fsp3) is 1.00. The molecule has 0 aliphatic heterocycles. The van der Waals surface area contributed by atoms with Crippen LogP contribution in [-0.2, 0) is 39.4 Å². The first-order chi connectivity index (χ1) is 5.37. The van der Waals surface area contributed by atoms with E-state index in [1.807, 2.05) is 0 Å². The van der Waals surface area contributed by atoms with E-state index in [0.29, 0.717) is 0 Å². The molecule has 0 aromatic rings. The molecule has 0 amide bonds. The van der Waals surface area contributed by atoms with Gasteiger partial charge in [-0.2, -0.15) is 0 Å².